The molecule has 0 radical (unpaired) electrons. The first-order valence-corrected chi connectivity index (χ1v) is 6.09. The molecule has 0 aromatic heterocycles. The minimum absolute atomic E-state index is 0.193. The van der Waals surface area contributed by atoms with Crippen molar-refractivity contribution in [1.29, 1.82) is 0 Å². The van der Waals surface area contributed by atoms with Crippen LogP contribution in [0.15, 0.2) is 40.5 Å². The van der Waals surface area contributed by atoms with Crippen LogP contribution in [0, 0.1) is 0 Å². The molecule has 0 saturated heterocycles. The van der Waals surface area contributed by atoms with Gasteiger partial charge in [-0.1, -0.05) is 15.9 Å². The summed E-state index contributed by atoms with van der Waals surface area (Å²) in [5.41, 5.74) is 6.74. The Hall–Kier alpha value is -1.66. The predicted octanol–water partition coefficient (Wildman–Crippen LogP) is 1.46. The molecule has 1 heterocycles. The van der Waals surface area contributed by atoms with Gasteiger partial charge >= 0.3 is 6.03 Å². The lowest BCUT2D eigenvalue weighted by atomic mass is 10.0. The zero-order valence-electron chi connectivity index (χ0n) is 9.68. The van der Waals surface area contributed by atoms with E-state index in [-0.39, 0.29) is 11.8 Å². The number of amides is 2. The van der Waals surface area contributed by atoms with Crippen LogP contribution < -0.4 is 11.1 Å². The van der Waals surface area contributed by atoms with Gasteiger partial charge in [-0.15, -0.1) is 0 Å². The molecule has 1 unspecified atom stereocenters. The lowest BCUT2D eigenvalue weighted by molar-refractivity contribution is 0.101. The SMILES string of the molecule is CN1C(=O)NC=C(C(=O)c2ccc(Br)cc2)C1N. The summed E-state index contributed by atoms with van der Waals surface area (Å²) in [7, 11) is 1.54. The van der Waals surface area contributed by atoms with Gasteiger partial charge in [0.05, 0.1) is 5.57 Å². The number of ketones is 1. The topological polar surface area (TPSA) is 75.4 Å². The summed E-state index contributed by atoms with van der Waals surface area (Å²) in [5, 5.41) is 2.49. The molecule has 3 N–H and O–H groups in total. The summed E-state index contributed by atoms with van der Waals surface area (Å²) in [6.07, 6.45) is 0.645. The van der Waals surface area contributed by atoms with Crippen LogP contribution in [-0.2, 0) is 0 Å². The second-order valence-corrected chi connectivity index (χ2v) is 4.86. The van der Waals surface area contributed by atoms with Crippen molar-refractivity contribution in [3.8, 4) is 0 Å². The van der Waals surface area contributed by atoms with Crippen LogP contribution >= 0.6 is 15.9 Å². The molecule has 0 saturated carbocycles. The van der Waals surface area contributed by atoms with Gasteiger partial charge in [0.1, 0.15) is 6.17 Å². The fourth-order valence-corrected chi connectivity index (χ4v) is 1.89. The van der Waals surface area contributed by atoms with Crippen molar-refractivity contribution in [3.05, 3.63) is 46.1 Å². The van der Waals surface area contributed by atoms with Gasteiger partial charge in [0.2, 0.25) is 0 Å². The first-order valence-electron chi connectivity index (χ1n) is 5.30. The van der Waals surface area contributed by atoms with E-state index in [1.807, 2.05) is 0 Å². The van der Waals surface area contributed by atoms with Crippen molar-refractivity contribution in [2.24, 2.45) is 5.73 Å². The summed E-state index contributed by atoms with van der Waals surface area (Å²) in [5.74, 6) is -0.193. The largest absolute Gasteiger partial charge is 0.322 e. The van der Waals surface area contributed by atoms with Gasteiger partial charge in [0.15, 0.2) is 5.78 Å². The van der Waals surface area contributed by atoms with Crippen molar-refractivity contribution in [2.75, 3.05) is 7.05 Å². The van der Waals surface area contributed by atoms with Gasteiger partial charge in [0, 0.05) is 23.3 Å². The van der Waals surface area contributed by atoms with E-state index < -0.39 is 6.17 Å². The summed E-state index contributed by atoms with van der Waals surface area (Å²) in [6, 6.07) is 6.65. The monoisotopic (exact) mass is 309 g/mol. The van der Waals surface area contributed by atoms with E-state index in [4.69, 9.17) is 5.73 Å². The third-order valence-electron chi connectivity index (χ3n) is 2.78. The summed E-state index contributed by atoms with van der Waals surface area (Å²) >= 11 is 3.30. The summed E-state index contributed by atoms with van der Waals surface area (Å²) in [4.78, 5) is 24.8. The third-order valence-corrected chi connectivity index (χ3v) is 3.30. The summed E-state index contributed by atoms with van der Waals surface area (Å²) in [6.45, 7) is 0. The van der Waals surface area contributed by atoms with Crippen molar-refractivity contribution in [2.45, 2.75) is 6.17 Å². The van der Waals surface area contributed by atoms with Crippen molar-refractivity contribution >= 4 is 27.7 Å². The number of benzene rings is 1. The standard InChI is InChI=1S/C12H12BrN3O2/c1-16-11(14)9(6-15-12(16)18)10(17)7-2-4-8(13)5-3-7/h2-6,11H,14H2,1H3,(H,15,18). The maximum Gasteiger partial charge on any atom is 0.322 e. The van der Waals surface area contributed by atoms with E-state index in [2.05, 4.69) is 21.2 Å². The smallest absolute Gasteiger partial charge is 0.314 e. The highest BCUT2D eigenvalue weighted by Crippen LogP contribution is 2.17. The minimum Gasteiger partial charge on any atom is -0.314 e. The van der Waals surface area contributed by atoms with Crippen LogP contribution in [0.4, 0.5) is 4.79 Å². The lowest BCUT2D eigenvalue weighted by Crippen LogP contribution is -2.53. The molecule has 1 aromatic carbocycles. The lowest BCUT2D eigenvalue weighted by Gasteiger charge is -2.29. The normalized spacial score (nSPS) is 19.3. The van der Waals surface area contributed by atoms with E-state index in [0.717, 1.165) is 4.47 Å². The number of Topliss-reactive ketones (excluding diaryl/α,β-unsaturated/α-hetero) is 1. The van der Waals surface area contributed by atoms with Crippen LogP contribution in [0.2, 0.25) is 0 Å². The molecule has 1 atom stereocenters. The van der Waals surface area contributed by atoms with Gasteiger partial charge in [-0.3, -0.25) is 4.79 Å². The molecule has 94 valence electrons. The predicted molar refractivity (Wildman–Crippen MR) is 70.8 cm³/mol. The number of rotatable bonds is 2. The van der Waals surface area contributed by atoms with Crippen LogP contribution in [-0.4, -0.2) is 29.9 Å². The molecular formula is C12H12BrN3O2. The number of nitrogens with two attached hydrogens (primary N) is 1. The quantitative estimate of drug-likeness (QED) is 0.812. The molecule has 1 aliphatic heterocycles. The zero-order valence-corrected chi connectivity index (χ0v) is 11.3. The summed E-state index contributed by atoms with van der Waals surface area (Å²) < 4.78 is 0.895. The average molecular weight is 310 g/mol. The zero-order chi connectivity index (χ0) is 13.3. The molecular weight excluding hydrogens is 298 g/mol. The number of nitrogens with one attached hydrogen (secondary N) is 1. The van der Waals surface area contributed by atoms with Crippen LogP contribution in [0.25, 0.3) is 0 Å². The number of likely N-dealkylation sites (N-methyl/N-ethyl adjacent to an activating group) is 1. The highest BCUT2D eigenvalue weighted by Gasteiger charge is 2.28. The molecule has 18 heavy (non-hydrogen) atoms. The maximum absolute atomic E-state index is 12.2. The Balaban J connectivity index is 2.29. The van der Waals surface area contributed by atoms with Crippen molar-refractivity contribution in [1.82, 2.24) is 10.2 Å². The van der Waals surface area contributed by atoms with E-state index in [9.17, 15) is 9.59 Å². The molecule has 5 nitrogen and oxygen atoms in total. The average Bonchev–Trinajstić information content (AvgIpc) is 2.36. The molecule has 0 fully saturated rings. The number of carbonyl (C=O) groups is 2. The number of hydrogen-bond acceptors (Lipinski definition) is 3. The van der Waals surface area contributed by atoms with Crippen LogP contribution in [0.1, 0.15) is 10.4 Å². The Morgan fingerprint density at radius 2 is 2.00 bits per heavy atom. The van der Waals surface area contributed by atoms with Crippen molar-refractivity contribution < 1.29 is 9.59 Å². The fraction of sp³-hybridized carbons (Fsp3) is 0.167. The van der Waals surface area contributed by atoms with Gasteiger partial charge in [-0.25, -0.2) is 4.79 Å². The minimum atomic E-state index is -0.727. The number of halogens is 1. The van der Waals surface area contributed by atoms with E-state index in [1.165, 1.54) is 11.1 Å². The Kier molecular flexibility index (Phi) is 3.49. The molecule has 0 spiro atoms. The highest BCUT2D eigenvalue weighted by atomic mass is 79.9. The fourth-order valence-electron chi connectivity index (χ4n) is 1.63. The number of hydrogen-bond donors (Lipinski definition) is 2. The Labute approximate surface area is 113 Å². The van der Waals surface area contributed by atoms with E-state index in [1.54, 1.807) is 31.3 Å². The Morgan fingerprint density at radius 3 is 2.61 bits per heavy atom. The first kappa shape index (κ1) is 12.8. The van der Waals surface area contributed by atoms with Gasteiger partial charge in [-0.05, 0) is 24.3 Å². The Morgan fingerprint density at radius 1 is 1.39 bits per heavy atom. The molecule has 2 rings (SSSR count). The Bertz CT molecular complexity index is 525. The van der Waals surface area contributed by atoms with Crippen LogP contribution in [0.5, 0.6) is 0 Å². The van der Waals surface area contributed by atoms with Gasteiger partial charge in [0.25, 0.3) is 0 Å². The molecule has 1 aromatic rings. The van der Waals surface area contributed by atoms with Gasteiger partial charge < -0.3 is 16.0 Å². The first-order chi connectivity index (χ1) is 8.50. The highest BCUT2D eigenvalue weighted by molar-refractivity contribution is 9.10. The van der Waals surface area contributed by atoms with Crippen molar-refractivity contribution in [3.63, 3.8) is 0 Å². The second-order valence-electron chi connectivity index (χ2n) is 3.94. The maximum atomic E-state index is 12.2. The molecule has 0 bridgehead atoms. The van der Waals surface area contributed by atoms with E-state index in [0.29, 0.717) is 11.1 Å². The molecule has 0 aliphatic carbocycles. The molecule has 6 heteroatoms. The van der Waals surface area contributed by atoms with Gasteiger partial charge in [-0.2, -0.15) is 0 Å². The van der Waals surface area contributed by atoms with E-state index >= 15 is 0 Å². The van der Waals surface area contributed by atoms with Crippen LogP contribution in [0.3, 0.4) is 0 Å². The number of urea groups is 1. The third kappa shape index (κ3) is 2.30. The second kappa shape index (κ2) is 4.91. The number of nitrogens with zero attached hydrogens (tertiary/aromatic N) is 1. The molecule has 1 aliphatic rings. The number of carbonyl (C=O) groups excluding carboxylic acids is 2. The molecule has 2 amide bonds.